The van der Waals surface area contributed by atoms with Crippen LogP contribution in [0.1, 0.15) is 17.5 Å². The molecular weight excluding hydrogens is 501 g/mol. The van der Waals surface area contributed by atoms with E-state index in [2.05, 4.69) is 39.9 Å². The normalized spacial score (nSPS) is 10.4. The SMILES string of the molecule is [B]c1nc(C)nc2cc(OC)c(OC)cc12.[B]c1nc(C)nc2cnccc12.[B]c1nc(C)nc2ncccc12. The van der Waals surface area contributed by atoms with Gasteiger partial charge in [0.2, 0.25) is 0 Å². The Labute approximate surface area is 235 Å². The summed E-state index contributed by atoms with van der Waals surface area (Å²) in [5.74, 6) is 3.21. The van der Waals surface area contributed by atoms with Crippen molar-refractivity contribution in [3.63, 3.8) is 0 Å². The molecule has 0 N–H and O–H groups in total. The molecule has 0 fully saturated rings. The molecule has 0 unspecified atom stereocenters. The van der Waals surface area contributed by atoms with E-state index in [1.807, 2.05) is 25.1 Å². The van der Waals surface area contributed by atoms with Crippen molar-refractivity contribution in [2.45, 2.75) is 20.8 Å². The van der Waals surface area contributed by atoms with Gasteiger partial charge in [0.25, 0.3) is 0 Å². The van der Waals surface area contributed by atoms with Gasteiger partial charge in [0, 0.05) is 40.2 Å². The first-order valence-electron chi connectivity index (χ1n) is 12.0. The van der Waals surface area contributed by atoms with Crippen LogP contribution in [0.4, 0.5) is 0 Å². The van der Waals surface area contributed by atoms with Crippen LogP contribution in [-0.2, 0) is 0 Å². The van der Waals surface area contributed by atoms with E-state index in [9.17, 15) is 0 Å². The summed E-state index contributed by atoms with van der Waals surface area (Å²) in [4.78, 5) is 32.8. The molecule has 40 heavy (non-hydrogen) atoms. The maximum absolute atomic E-state index is 5.82. The van der Waals surface area contributed by atoms with E-state index in [0.29, 0.717) is 51.4 Å². The predicted octanol–water partition coefficient (Wildman–Crippen LogP) is 1.00. The highest BCUT2D eigenvalue weighted by molar-refractivity contribution is 6.37. The third-order valence-electron chi connectivity index (χ3n) is 5.60. The van der Waals surface area contributed by atoms with Gasteiger partial charge in [-0.3, -0.25) is 4.98 Å². The molecular formula is C27H23B3N8O2. The number of fused-ring (bicyclic) bond motifs is 3. The molecule has 5 heterocycles. The van der Waals surface area contributed by atoms with Gasteiger partial charge in [0.15, 0.2) is 17.1 Å². The topological polar surface area (TPSA) is 122 Å². The lowest BCUT2D eigenvalue weighted by Gasteiger charge is -2.10. The van der Waals surface area contributed by atoms with Crippen LogP contribution < -0.4 is 26.3 Å². The molecule has 0 atom stereocenters. The molecule has 5 aromatic heterocycles. The molecule has 0 aliphatic rings. The first kappa shape index (κ1) is 28.3. The van der Waals surface area contributed by atoms with Crippen molar-refractivity contribution in [1.82, 2.24) is 39.9 Å². The summed E-state index contributed by atoms with van der Waals surface area (Å²) < 4.78 is 10.4. The summed E-state index contributed by atoms with van der Waals surface area (Å²) in [5, 5.41) is 2.43. The lowest BCUT2D eigenvalue weighted by Crippen LogP contribution is -2.12. The Morgan fingerprint density at radius 2 is 1.18 bits per heavy atom. The standard InChI is InChI=1S/C11H11BN2O2.2C8H6BN3/c1-6-13-8-5-10(16-3)9(15-2)4-7(8)11(12)14-6;1-5-11-7-4-10-3-2-6(7)8(9)12-5;1-5-11-7(9)6-3-2-4-10-8(6)12-5/h4-5H,1-3H3;2*2-4H,1H3. The van der Waals surface area contributed by atoms with Crippen LogP contribution >= 0.6 is 0 Å². The maximum atomic E-state index is 5.82. The monoisotopic (exact) mass is 524 g/mol. The zero-order valence-electron chi connectivity index (χ0n) is 22.7. The lowest BCUT2D eigenvalue weighted by molar-refractivity contribution is 0.356. The van der Waals surface area contributed by atoms with Gasteiger partial charge >= 0.3 is 0 Å². The largest absolute Gasteiger partial charge is 0.493 e. The molecule has 0 aliphatic carbocycles. The van der Waals surface area contributed by atoms with Crippen molar-refractivity contribution in [1.29, 1.82) is 0 Å². The number of nitrogens with zero attached hydrogens (tertiary/aromatic N) is 8. The van der Waals surface area contributed by atoms with E-state index in [1.54, 1.807) is 58.8 Å². The fourth-order valence-corrected chi connectivity index (χ4v) is 3.82. The van der Waals surface area contributed by atoms with E-state index in [4.69, 9.17) is 33.0 Å². The van der Waals surface area contributed by atoms with Crippen molar-refractivity contribution in [2.75, 3.05) is 14.2 Å². The zero-order valence-corrected chi connectivity index (χ0v) is 22.7. The first-order valence-corrected chi connectivity index (χ1v) is 12.0. The van der Waals surface area contributed by atoms with Gasteiger partial charge in [-0.05, 0) is 56.2 Å². The Kier molecular flexibility index (Phi) is 8.83. The number of benzene rings is 1. The average Bonchev–Trinajstić information content (AvgIpc) is 2.93. The molecule has 0 amide bonds. The third-order valence-corrected chi connectivity index (χ3v) is 5.60. The second-order valence-electron chi connectivity index (χ2n) is 8.46. The van der Waals surface area contributed by atoms with E-state index in [1.165, 1.54) is 0 Å². The van der Waals surface area contributed by atoms with Crippen LogP contribution in [0.15, 0.2) is 48.9 Å². The summed E-state index contributed by atoms with van der Waals surface area (Å²) >= 11 is 0. The van der Waals surface area contributed by atoms with Gasteiger partial charge in [-0.2, -0.15) is 0 Å². The molecule has 0 aliphatic heterocycles. The fraction of sp³-hybridized carbons (Fsp3) is 0.185. The minimum atomic E-state index is 0.448. The van der Waals surface area contributed by atoms with E-state index < -0.39 is 0 Å². The van der Waals surface area contributed by atoms with Crippen LogP contribution in [0.25, 0.3) is 32.8 Å². The number of rotatable bonds is 2. The van der Waals surface area contributed by atoms with Crippen molar-refractivity contribution in [3.05, 3.63) is 66.4 Å². The summed E-state index contributed by atoms with van der Waals surface area (Å²) in [6.45, 7) is 5.40. The minimum absolute atomic E-state index is 0.448. The summed E-state index contributed by atoms with van der Waals surface area (Å²) in [6, 6.07) is 9.06. The predicted molar refractivity (Wildman–Crippen MR) is 158 cm³/mol. The van der Waals surface area contributed by atoms with Crippen molar-refractivity contribution in [3.8, 4) is 11.5 Å². The second-order valence-corrected chi connectivity index (χ2v) is 8.46. The smallest absolute Gasteiger partial charge is 0.162 e. The van der Waals surface area contributed by atoms with Crippen LogP contribution in [0, 0.1) is 20.8 Å². The molecule has 1 aromatic carbocycles. The van der Waals surface area contributed by atoms with Crippen molar-refractivity contribution < 1.29 is 9.47 Å². The fourth-order valence-electron chi connectivity index (χ4n) is 3.82. The van der Waals surface area contributed by atoms with Crippen molar-refractivity contribution in [2.24, 2.45) is 0 Å². The summed E-state index contributed by atoms with van der Waals surface area (Å²) in [7, 11) is 20.3. The molecule has 192 valence electrons. The van der Waals surface area contributed by atoms with Crippen LogP contribution in [0.5, 0.6) is 11.5 Å². The minimum Gasteiger partial charge on any atom is -0.493 e. The molecule has 0 spiro atoms. The number of aromatic nitrogens is 8. The number of hydrogen-bond acceptors (Lipinski definition) is 10. The quantitative estimate of drug-likeness (QED) is 0.304. The Balaban J connectivity index is 0.000000141. The lowest BCUT2D eigenvalue weighted by atomic mass is 9.98. The number of pyridine rings is 2. The van der Waals surface area contributed by atoms with Gasteiger partial charge in [-0.1, -0.05) is 0 Å². The van der Waals surface area contributed by atoms with Gasteiger partial charge in [0.1, 0.15) is 41.0 Å². The highest BCUT2D eigenvalue weighted by Gasteiger charge is 2.09. The van der Waals surface area contributed by atoms with Crippen LogP contribution in [0.3, 0.4) is 0 Å². The zero-order chi connectivity index (χ0) is 28.8. The van der Waals surface area contributed by atoms with Gasteiger partial charge in [0.05, 0.1) is 31.4 Å². The van der Waals surface area contributed by atoms with Gasteiger partial charge < -0.3 is 9.47 Å². The Morgan fingerprint density at radius 1 is 0.600 bits per heavy atom. The first-order chi connectivity index (χ1) is 19.2. The van der Waals surface area contributed by atoms with Crippen molar-refractivity contribution >= 4 is 73.2 Å². The molecule has 0 saturated carbocycles. The molecule has 13 heteroatoms. The highest BCUT2D eigenvalue weighted by atomic mass is 16.5. The number of ether oxygens (including phenoxy) is 2. The Hall–Kier alpha value is -4.67. The second kappa shape index (κ2) is 12.5. The Morgan fingerprint density at radius 3 is 1.85 bits per heavy atom. The van der Waals surface area contributed by atoms with Gasteiger partial charge in [-0.15, -0.1) is 0 Å². The van der Waals surface area contributed by atoms with E-state index in [0.717, 1.165) is 27.2 Å². The van der Waals surface area contributed by atoms with Crippen LogP contribution in [-0.4, -0.2) is 77.6 Å². The molecule has 0 saturated heterocycles. The molecule has 10 nitrogen and oxygen atoms in total. The number of methoxy groups -OCH3 is 2. The molecule has 6 rings (SSSR count). The third kappa shape index (κ3) is 6.48. The summed E-state index contributed by atoms with van der Waals surface area (Å²) in [5.41, 5.74) is 3.65. The average molecular weight is 524 g/mol. The number of aryl methyl sites for hydroxylation is 3. The molecule has 6 radical (unpaired) electrons. The summed E-state index contributed by atoms with van der Waals surface area (Å²) in [6.07, 6.45) is 5.05. The maximum Gasteiger partial charge on any atom is 0.162 e. The number of hydrogen-bond donors (Lipinski definition) is 0. The van der Waals surface area contributed by atoms with Gasteiger partial charge in [-0.25, -0.2) is 34.9 Å². The molecule has 0 bridgehead atoms. The van der Waals surface area contributed by atoms with E-state index in [-0.39, 0.29) is 0 Å². The van der Waals surface area contributed by atoms with E-state index >= 15 is 0 Å². The Bertz CT molecular complexity index is 1740. The van der Waals surface area contributed by atoms with Crippen LogP contribution in [0.2, 0.25) is 0 Å². The molecule has 6 aromatic rings. The highest BCUT2D eigenvalue weighted by Crippen LogP contribution is 2.30.